The van der Waals surface area contributed by atoms with Gasteiger partial charge in [0.05, 0.1) is 0 Å². The Bertz CT molecular complexity index is 515. The molecule has 1 unspecified atom stereocenters. The van der Waals surface area contributed by atoms with E-state index in [2.05, 4.69) is 21.4 Å². The van der Waals surface area contributed by atoms with Gasteiger partial charge < -0.3 is 0 Å². The van der Waals surface area contributed by atoms with Gasteiger partial charge in [-0.15, -0.1) is 11.3 Å². The molecule has 0 aliphatic carbocycles. The first-order valence-corrected chi connectivity index (χ1v) is 7.29. The van der Waals surface area contributed by atoms with Gasteiger partial charge in [0.25, 0.3) is 0 Å². The second-order valence-corrected chi connectivity index (χ2v) is 5.91. The average Bonchev–Trinajstić information content (AvgIpc) is 2.77. The summed E-state index contributed by atoms with van der Waals surface area (Å²) in [4.78, 5) is 1.22. The van der Waals surface area contributed by atoms with Crippen LogP contribution in [0.25, 0.3) is 0 Å². The summed E-state index contributed by atoms with van der Waals surface area (Å²) in [6.07, 6.45) is 1.36. The minimum Gasteiger partial charge on any atom is -0.271 e. The van der Waals surface area contributed by atoms with Crippen LogP contribution in [0.3, 0.4) is 0 Å². The van der Waals surface area contributed by atoms with Crippen molar-refractivity contribution in [3.8, 4) is 0 Å². The van der Waals surface area contributed by atoms with E-state index in [9.17, 15) is 4.39 Å². The topological polar surface area (TPSA) is 38.0 Å². The van der Waals surface area contributed by atoms with Crippen molar-refractivity contribution in [3.63, 3.8) is 0 Å². The molecule has 0 aliphatic heterocycles. The first-order chi connectivity index (χ1) is 8.70. The average molecular weight is 329 g/mol. The van der Waals surface area contributed by atoms with E-state index >= 15 is 0 Å². The van der Waals surface area contributed by atoms with Gasteiger partial charge in [-0.3, -0.25) is 11.3 Å². The first kappa shape index (κ1) is 13.7. The number of nitrogens with two attached hydrogens (primary N) is 1. The molecule has 1 atom stereocenters. The monoisotopic (exact) mass is 328 g/mol. The van der Waals surface area contributed by atoms with Crippen molar-refractivity contribution in [1.82, 2.24) is 5.43 Å². The Hall–Kier alpha value is -0.750. The third-order valence-corrected chi connectivity index (χ3v) is 4.73. The van der Waals surface area contributed by atoms with Crippen molar-refractivity contribution < 1.29 is 4.39 Å². The van der Waals surface area contributed by atoms with Crippen LogP contribution >= 0.6 is 27.3 Å². The fraction of sp³-hybridized carbons (Fsp3) is 0.231. The molecule has 0 saturated heterocycles. The molecule has 2 aromatic rings. The third kappa shape index (κ3) is 3.38. The second kappa shape index (κ2) is 6.43. The maximum absolute atomic E-state index is 13.6. The van der Waals surface area contributed by atoms with E-state index in [0.29, 0.717) is 12.0 Å². The van der Waals surface area contributed by atoms with Gasteiger partial charge in [-0.05, 0) is 51.8 Å². The highest BCUT2D eigenvalue weighted by Gasteiger charge is 2.13. The van der Waals surface area contributed by atoms with Crippen LogP contribution in [0, 0.1) is 5.82 Å². The molecule has 0 fully saturated rings. The molecule has 2 rings (SSSR count). The van der Waals surface area contributed by atoms with Crippen molar-refractivity contribution in [2.45, 2.75) is 18.9 Å². The summed E-state index contributed by atoms with van der Waals surface area (Å²) in [5, 5.41) is 2.02. The van der Waals surface area contributed by atoms with Crippen LogP contribution in [-0.4, -0.2) is 6.04 Å². The molecule has 96 valence electrons. The van der Waals surface area contributed by atoms with Crippen LogP contribution in [-0.2, 0) is 12.8 Å². The fourth-order valence-corrected chi connectivity index (χ4v) is 3.41. The molecule has 0 amide bonds. The molecule has 0 spiro atoms. The first-order valence-electron chi connectivity index (χ1n) is 5.62. The molecule has 1 aromatic heterocycles. The molecule has 1 aromatic carbocycles. The minimum absolute atomic E-state index is 0.0249. The minimum atomic E-state index is -0.178. The third-order valence-electron chi connectivity index (χ3n) is 2.78. The Labute approximate surface area is 118 Å². The van der Waals surface area contributed by atoms with Gasteiger partial charge in [-0.2, -0.15) is 0 Å². The molecule has 5 heteroatoms. The number of hydrogen-bond acceptors (Lipinski definition) is 3. The Morgan fingerprint density at radius 2 is 2.06 bits per heavy atom. The Morgan fingerprint density at radius 1 is 1.28 bits per heavy atom. The van der Waals surface area contributed by atoms with Crippen LogP contribution < -0.4 is 11.3 Å². The SMILES string of the molecule is NNC(Cc1ccccc1F)Cc1sccc1Br. The van der Waals surface area contributed by atoms with Gasteiger partial charge in [-0.1, -0.05) is 18.2 Å². The van der Waals surface area contributed by atoms with Gasteiger partial charge in [0.2, 0.25) is 0 Å². The highest BCUT2D eigenvalue weighted by molar-refractivity contribution is 9.10. The summed E-state index contributed by atoms with van der Waals surface area (Å²) >= 11 is 5.16. The Balaban J connectivity index is 2.06. The predicted molar refractivity (Wildman–Crippen MR) is 76.9 cm³/mol. The number of thiophene rings is 1. The van der Waals surface area contributed by atoms with Gasteiger partial charge in [0.15, 0.2) is 0 Å². The molecular formula is C13H14BrFN2S. The highest BCUT2D eigenvalue weighted by atomic mass is 79.9. The van der Waals surface area contributed by atoms with Crippen LogP contribution in [0.15, 0.2) is 40.2 Å². The quantitative estimate of drug-likeness (QED) is 0.653. The standard InChI is InChI=1S/C13H14BrFN2S/c14-11-5-6-18-13(11)8-10(17-16)7-9-3-1-2-4-12(9)15/h1-6,10,17H,7-8,16H2. The number of hydrogen-bond donors (Lipinski definition) is 2. The van der Waals surface area contributed by atoms with Crippen molar-refractivity contribution in [2.24, 2.45) is 5.84 Å². The van der Waals surface area contributed by atoms with E-state index < -0.39 is 0 Å². The van der Waals surface area contributed by atoms with E-state index in [1.807, 2.05) is 17.5 Å². The van der Waals surface area contributed by atoms with E-state index in [4.69, 9.17) is 5.84 Å². The summed E-state index contributed by atoms with van der Waals surface area (Å²) < 4.78 is 14.7. The van der Waals surface area contributed by atoms with Gasteiger partial charge in [0.1, 0.15) is 5.82 Å². The van der Waals surface area contributed by atoms with E-state index in [1.165, 1.54) is 10.9 Å². The number of benzene rings is 1. The van der Waals surface area contributed by atoms with Crippen molar-refractivity contribution >= 4 is 27.3 Å². The highest BCUT2D eigenvalue weighted by Crippen LogP contribution is 2.24. The smallest absolute Gasteiger partial charge is 0.126 e. The maximum atomic E-state index is 13.6. The van der Waals surface area contributed by atoms with Crippen molar-refractivity contribution in [1.29, 1.82) is 0 Å². The predicted octanol–water partition coefficient (Wildman–Crippen LogP) is 3.27. The number of hydrazine groups is 1. The fourth-order valence-electron chi connectivity index (χ4n) is 1.81. The zero-order chi connectivity index (χ0) is 13.0. The largest absolute Gasteiger partial charge is 0.271 e. The lowest BCUT2D eigenvalue weighted by Gasteiger charge is -2.15. The van der Waals surface area contributed by atoms with Crippen LogP contribution in [0.5, 0.6) is 0 Å². The molecule has 0 radical (unpaired) electrons. The normalized spacial score (nSPS) is 12.6. The van der Waals surface area contributed by atoms with Crippen molar-refractivity contribution in [2.75, 3.05) is 0 Å². The summed E-state index contributed by atoms with van der Waals surface area (Å²) in [5.41, 5.74) is 3.45. The van der Waals surface area contributed by atoms with Crippen LogP contribution in [0.1, 0.15) is 10.4 Å². The lowest BCUT2D eigenvalue weighted by atomic mass is 10.0. The van der Waals surface area contributed by atoms with E-state index in [0.717, 1.165) is 10.9 Å². The lowest BCUT2D eigenvalue weighted by Crippen LogP contribution is -2.38. The van der Waals surface area contributed by atoms with Crippen LogP contribution in [0.4, 0.5) is 4.39 Å². The molecular weight excluding hydrogens is 315 g/mol. The van der Waals surface area contributed by atoms with Crippen molar-refractivity contribution in [3.05, 3.63) is 56.4 Å². The van der Waals surface area contributed by atoms with E-state index in [-0.39, 0.29) is 11.9 Å². The molecule has 2 nitrogen and oxygen atoms in total. The van der Waals surface area contributed by atoms with Crippen LogP contribution in [0.2, 0.25) is 0 Å². The molecule has 3 N–H and O–H groups in total. The molecule has 0 bridgehead atoms. The summed E-state index contributed by atoms with van der Waals surface area (Å²) in [6, 6.07) is 8.84. The summed E-state index contributed by atoms with van der Waals surface area (Å²) in [7, 11) is 0. The molecule has 1 heterocycles. The molecule has 18 heavy (non-hydrogen) atoms. The van der Waals surface area contributed by atoms with E-state index in [1.54, 1.807) is 23.5 Å². The zero-order valence-electron chi connectivity index (χ0n) is 9.70. The van der Waals surface area contributed by atoms with Gasteiger partial charge in [0, 0.05) is 15.4 Å². The Morgan fingerprint density at radius 3 is 2.67 bits per heavy atom. The number of halogens is 2. The lowest BCUT2D eigenvalue weighted by molar-refractivity contribution is 0.508. The number of nitrogens with one attached hydrogen (secondary N) is 1. The zero-order valence-corrected chi connectivity index (χ0v) is 12.1. The number of rotatable bonds is 5. The van der Waals surface area contributed by atoms with Gasteiger partial charge >= 0.3 is 0 Å². The Kier molecular flexibility index (Phi) is 4.88. The second-order valence-electron chi connectivity index (χ2n) is 4.05. The maximum Gasteiger partial charge on any atom is 0.126 e. The molecule has 0 saturated carbocycles. The summed E-state index contributed by atoms with van der Waals surface area (Å²) in [6.45, 7) is 0. The summed E-state index contributed by atoms with van der Waals surface area (Å²) in [5.74, 6) is 5.38. The van der Waals surface area contributed by atoms with Gasteiger partial charge in [-0.25, -0.2) is 4.39 Å². The molecule has 0 aliphatic rings.